The molecule has 27 heavy (non-hydrogen) atoms. The second-order valence-corrected chi connectivity index (χ2v) is 6.76. The van der Waals surface area contributed by atoms with Gasteiger partial charge in [-0.1, -0.05) is 41.9 Å². The number of fused-ring (bicyclic) bond motifs is 1. The van der Waals surface area contributed by atoms with Gasteiger partial charge in [0.15, 0.2) is 5.58 Å². The van der Waals surface area contributed by atoms with Gasteiger partial charge in [0.1, 0.15) is 5.52 Å². The molecule has 3 aromatic carbocycles. The highest BCUT2D eigenvalue weighted by atomic mass is 35.5. The Balaban J connectivity index is 1.45. The number of nitrogens with one attached hydrogen (secondary N) is 1. The number of rotatable bonds is 4. The van der Waals surface area contributed by atoms with Crippen molar-refractivity contribution in [1.82, 2.24) is 10.3 Å². The molecule has 0 saturated heterocycles. The summed E-state index contributed by atoms with van der Waals surface area (Å²) in [6, 6.07) is 20.8. The predicted molar refractivity (Wildman–Crippen MR) is 107 cm³/mol. The van der Waals surface area contributed by atoms with Crippen LogP contribution in [0.4, 0.5) is 0 Å². The third-order valence-electron chi connectivity index (χ3n) is 4.32. The van der Waals surface area contributed by atoms with E-state index in [4.69, 9.17) is 16.0 Å². The van der Waals surface area contributed by atoms with Gasteiger partial charge in [0.25, 0.3) is 5.91 Å². The first-order valence-corrected chi connectivity index (χ1v) is 8.97. The molecular weight excluding hydrogens is 360 g/mol. The van der Waals surface area contributed by atoms with E-state index in [9.17, 15) is 4.79 Å². The third-order valence-corrected chi connectivity index (χ3v) is 4.63. The maximum Gasteiger partial charge on any atom is 0.253 e. The molecule has 0 aliphatic rings. The van der Waals surface area contributed by atoms with Crippen molar-refractivity contribution >= 4 is 28.6 Å². The second-order valence-electron chi connectivity index (χ2n) is 6.35. The molecule has 4 aromatic rings. The standard InChI is InChI=1S/C22H17ClN2O2/c1-14-6-11-17(18(23)12-14)21(26)24-13-15-7-9-16(10-8-15)22-25-19-4-2-3-5-20(19)27-22/h2-12H,13H2,1H3,(H,24,26). The lowest BCUT2D eigenvalue weighted by molar-refractivity contribution is 0.0951. The number of nitrogens with zero attached hydrogens (tertiary/aromatic N) is 1. The zero-order chi connectivity index (χ0) is 18.8. The molecule has 0 atom stereocenters. The highest BCUT2D eigenvalue weighted by Gasteiger charge is 2.11. The van der Waals surface area contributed by atoms with E-state index in [1.807, 2.05) is 61.5 Å². The van der Waals surface area contributed by atoms with Crippen LogP contribution in [0.1, 0.15) is 21.5 Å². The van der Waals surface area contributed by atoms with Crippen LogP contribution in [0.3, 0.4) is 0 Å². The Kier molecular flexibility index (Phi) is 4.65. The van der Waals surface area contributed by atoms with Crippen LogP contribution < -0.4 is 5.32 Å². The fraction of sp³-hybridized carbons (Fsp3) is 0.0909. The molecule has 0 aliphatic heterocycles. The molecule has 0 unspecified atom stereocenters. The van der Waals surface area contributed by atoms with Crippen LogP contribution >= 0.6 is 11.6 Å². The van der Waals surface area contributed by atoms with Crippen LogP contribution in [0.15, 0.2) is 71.1 Å². The first-order chi connectivity index (χ1) is 13.1. The lowest BCUT2D eigenvalue weighted by Gasteiger charge is -2.08. The molecule has 0 radical (unpaired) electrons. The monoisotopic (exact) mass is 376 g/mol. The summed E-state index contributed by atoms with van der Waals surface area (Å²) in [4.78, 5) is 16.8. The number of aryl methyl sites for hydroxylation is 1. The Bertz CT molecular complexity index is 1080. The molecule has 0 aliphatic carbocycles. The van der Waals surface area contributed by atoms with Gasteiger partial charge in [0.05, 0.1) is 10.6 Å². The van der Waals surface area contributed by atoms with E-state index < -0.39 is 0 Å². The summed E-state index contributed by atoms with van der Waals surface area (Å²) in [7, 11) is 0. The summed E-state index contributed by atoms with van der Waals surface area (Å²) in [5, 5.41) is 3.35. The van der Waals surface area contributed by atoms with Gasteiger partial charge >= 0.3 is 0 Å². The van der Waals surface area contributed by atoms with Gasteiger partial charge in [-0.05, 0) is 54.4 Å². The van der Waals surface area contributed by atoms with Crippen molar-refractivity contribution in [3.63, 3.8) is 0 Å². The van der Waals surface area contributed by atoms with Crippen LogP contribution in [0, 0.1) is 6.92 Å². The molecule has 0 fully saturated rings. The quantitative estimate of drug-likeness (QED) is 0.519. The third kappa shape index (κ3) is 3.71. The number of carbonyl (C=O) groups excluding carboxylic acids is 1. The Morgan fingerprint density at radius 3 is 2.59 bits per heavy atom. The summed E-state index contributed by atoms with van der Waals surface area (Å²) < 4.78 is 5.78. The first kappa shape index (κ1) is 17.3. The van der Waals surface area contributed by atoms with E-state index in [-0.39, 0.29) is 5.91 Å². The van der Waals surface area contributed by atoms with Gasteiger partial charge in [0.2, 0.25) is 5.89 Å². The normalized spacial score (nSPS) is 10.9. The second kappa shape index (κ2) is 7.25. The predicted octanol–water partition coefficient (Wildman–Crippen LogP) is 5.39. The first-order valence-electron chi connectivity index (χ1n) is 8.59. The average Bonchev–Trinajstić information content (AvgIpc) is 3.11. The summed E-state index contributed by atoms with van der Waals surface area (Å²) in [6.45, 7) is 2.35. The van der Waals surface area contributed by atoms with E-state index in [1.165, 1.54) is 0 Å². The van der Waals surface area contributed by atoms with E-state index in [0.717, 1.165) is 27.8 Å². The van der Waals surface area contributed by atoms with Gasteiger partial charge in [-0.2, -0.15) is 0 Å². The van der Waals surface area contributed by atoms with Crippen molar-refractivity contribution in [2.45, 2.75) is 13.5 Å². The van der Waals surface area contributed by atoms with Gasteiger partial charge in [0, 0.05) is 12.1 Å². The number of amides is 1. The maximum absolute atomic E-state index is 12.3. The van der Waals surface area contributed by atoms with Crippen LogP contribution in [-0.2, 0) is 6.54 Å². The molecule has 1 heterocycles. The van der Waals surface area contributed by atoms with Crippen molar-refractivity contribution in [1.29, 1.82) is 0 Å². The van der Waals surface area contributed by atoms with E-state index >= 15 is 0 Å². The molecule has 0 spiro atoms. The minimum absolute atomic E-state index is 0.192. The minimum atomic E-state index is -0.192. The topological polar surface area (TPSA) is 55.1 Å². The number of halogens is 1. The Hall–Kier alpha value is -3.11. The molecule has 4 rings (SSSR count). The molecule has 1 amide bonds. The van der Waals surface area contributed by atoms with Crippen LogP contribution in [0.5, 0.6) is 0 Å². The highest BCUT2D eigenvalue weighted by Crippen LogP contribution is 2.24. The van der Waals surface area contributed by atoms with Crippen molar-refractivity contribution in [3.8, 4) is 11.5 Å². The number of hydrogen-bond donors (Lipinski definition) is 1. The molecule has 1 aromatic heterocycles. The molecule has 4 nitrogen and oxygen atoms in total. The van der Waals surface area contributed by atoms with E-state index in [2.05, 4.69) is 10.3 Å². The Morgan fingerprint density at radius 1 is 1.07 bits per heavy atom. The van der Waals surface area contributed by atoms with Crippen molar-refractivity contribution in [2.75, 3.05) is 0 Å². The average molecular weight is 377 g/mol. The fourth-order valence-corrected chi connectivity index (χ4v) is 3.16. The summed E-state index contributed by atoms with van der Waals surface area (Å²) in [6.07, 6.45) is 0. The van der Waals surface area contributed by atoms with E-state index in [0.29, 0.717) is 23.0 Å². The lowest BCUT2D eigenvalue weighted by Crippen LogP contribution is -2.23. The van der Waals surface area contributed by atoms with Gasteiger partial charge < -0.3 is 9.73 Å². The Morgan fingerprint density at radius 2 is 1.85 bits per heavy atom. The zero-order valence-corrected chi connectivity index (χ0v) is 15.5. The fourth-order valence-electron chi connectivity index (χ4n) is 2.84. The minimum Gasteiger partial charge on any atom is -0.436 e. The smallest absolute Gasteiger partial charge is 0.253 e. The summed E-state index contributed by atoms with van der Waals surface area (Å²) >= 11 is 6.15. The maximum atomic E-state index is 12.3. The van der Waals surface area contributed by atoms with Crippen molar-refractivity contribution in [2.24, 2.45) is 0 Å². The van der Waals surface area contributed by atoms with E-state index in [1.54, 1.807) is 12.1 Å². The van der Waals surface area contributed by atoms with Gasteiger partial charge in [-0.25, -0.2) is 4.98 Å². The zero-order valence-electron chi connectivity index (χ0n) is 14.7. The number of para-hydroxylation sites is 2. The Labute approximate surface area is 161 Å². The molecule has 0 bridgehead atoms. The van der Waals surface area contributed by atoms with Crippen LogP contribution in [0.2, 0.25) is 5.02 Å². The van der Waals surface area contributed by atoms with Crippen LogP contribution in [-0.4, -0.2) is 10.9 Å². The largest absolute Gasteiger partial charge is 0.436 e. The van der Waals surface area contributed by atoms with Crippen molar-refractivity contribution in [3.05, 3.63) is 88.4 Å². The molecule has 134 valence electrons. The van der Waals surface area contributed by atoms with Gasteiger partial charge in [-0.15, -0.1) is 0 Å². The summed E-state index contributed by atoms with van der Waals surface area (Å²) in [5.74, 6) is 0.390. The van der Waals surface area contributed by atoms with Crippen LogP contribution in [0.25, 0.3) is 22.6 Å². The number of hydrogen-bond acceptors (Lipinski definition) is 3. The van der Waals surface area contributed by atoms with Crippen molar-refractivity contribution < 1.29 is 9.21 Å². The SMILES string of the molecule is Cc1ccc(C(=O)NCc2ccc(-c3nc4ccccc4o3)cc2)c(Cl)c1. The lowest BCUT2D eigenvalue weighted by atomic mass is 10.1. The number of oxazole rings is 1. The van der Waals surface area contributed by atoms with Gasteiger partial charge in [-0.3, -0.25) is 4.79 Å². The number of carbonyl (C=O) groups is 1. The molecule has 0 saturated carbocycles. The molecular formula is C22H17ClN2O2. The molecule has 5 heteroatoms. The number of aromatic nitrogens is 1. The highest BCUT2D eigenvalue weighted by molar-refractivity contribution is 6.33. The summed E-state index contributed by atoms with van der Waals surface area (Å²) in [5.41, 5.74) is 4.96. The number of benzene rings is 3. The molecule has 1 N–H and O–H groups in total.